The maximum atomic E-state index is 11.8. The maximum Gasteiger partial charge on any atom is 0.229 e. The second kappa shape index (κ2) is 3.60. The van der Waals surface area contributed by atoms with E-state index in [-0.39, 0.29) is 5.75 Å². The summed E-state index contributed by atoms with van der Waals surface area (Å²) >= 11 is 0. The molecule has 4 heteroatoms. The lowest BCUT2D eigenvalue weighted by atomic mass is 10.0. The molecule has 0 saturated heterocycles. The number of fused-ring (bicyclic) bond motifs is 2. The zero-order valence-corrected chi connectivity index (χ0v) is 9.27. The van der Waals surface area contributed by atoms with E-state index in [0.717, 1.165) is 10.9 Å². The standard InChI is InChI=1S/C14H8N2O2/c15-7-8-1-2-9-6-10-11(16-12(9)5-8)3-4-13(17)14(10)18/h1-6,16-17H. The number of H-pyrrole nitrogens is 1. The number of nitrogens with zero attached hydrogens (tertiary/aromatic N) is 1. The zero-order chi connectivity index (χ0) is 12.7. The van der Waals surface area contributed by atoms with E-state index in [1.165, 1.54) is 6.07 Å². The van der Waals surface area contributed by atoms with E-state index in [9.17, 15) is 9.90 Å². The smallest absolute Gasteiger partial charge is 0.229 e. The molecule has 0 atom stereocenters. The second-order valence-electron chi connectivity index (χ2n) is 4.06. The lowest BCUT2D eigenvalue weighted by Crippen LogP contribution is -2.06. The van der Waals surface area contributed by atoms with Crippen LogP contribution in [0, 0.1) is 11.3 Å². The highest BCUT2D eigenvalue weighted by molar-refractivity contribution is 5.86. The number of nitriles is 1. The van der Waals surface area contributed by atoms with Crippen LogP contribution < -0.4 is 5.43 Å². The third-order valence-corrected chi connectivity index (χ3v) is 2.93. The molecule has 0 fully saturated rings. The van der Waals surface area contributed by atoms with Gasteiger partial charge in [0.1, 0.15) is 0 Å². The Morgan fingerprint density at radius 3 is 2.78 bits per heavy atom. The number of benzene rings is 2. The molecule has 2 aliphatic rings. The van der Waals surface area contributed by atoms with Crippen molar-refractivity contribution in [3.8, 4) is 23.1 Å². The number of rotatable bonds is 0. The van der Waals surface area contributed by atoms with E-state index in [0.29, 0.717) is 16.8 Å². The summed E-state index contributed by atoms with van der Waals surface area (Å²) in [6, 6.07) is 12.0. The number of hydrogen-bond acceptors (Lipinski definition) is 3. The van der Waals surface area contributed by atoms with Gasteiger partial charge in [0.05, 0.1) is 17.3 Å². The molecule has 1 aliphatic heterocycles. The molecule has 0 spiro atoms. The Bertz CT molecular complexity index is 827. The van der Waals surface area contributed by atoms with Crippen molar-refractivity contribution in [2.24, 2.45) is 0 Å². The number of aromatic nitrogens is 1. The Morgan fingerprint density at radius 1 is 1.17 bits per heavy atom. The van der Waals surface area contributed by atoms with Crippen LogP contribution in [0.5, 0.6) is 5.75 Å². The van der Waals surface area contributed by atoms with E-state index in [1.54, 1.807) is 30.3 Å². The second-order valence-corrected chi connectivity index (χ2v) is 4.06. The first-order chi connectivity index (χ1) is 8.69. The van der Waals surface area contributed by atoms with E-state index in [1.807, 2.05) is 0 Å². The number of nitrogens with one attached hydrogen (secondary N) is 1. The van der Waals surface area contributed by atoms with Crippen molar-refractivity contribution in [3.63, 3.8) is 0 Å². The molecule has 2 N–H and O–H groups in total. The van der Waals surface area contributed by atoms with Crippen molar-refractivity contribution in [3.05, 3.63) is 52.2 Å². The first-order valence-electron chi connectivity index (χ1n) is 5.38. The van der Waals surface area contributed by atoms with Crippen LogP contribution in [0.2, 0.25) is 0 Å². The molecule has 3 rings (SSSR count). The van der Waals surface area contributed by atoms with Gasteiger partial charge in [-0.25, -0.2) is 0 Å². The number of phenols is 1. The zero-order valence-electron chi connectivity index (χ0n) is 9.27. The number of phenolic OH excluding ortho intramolecular Hbond substituents is 1. The Kier molecular flexibility index (Phi) is 2.07. The van der Waals surface area contributed by atoms with E-state index in [4.69, 9.17) is 5.26 Å². The molecule has 1 aliphatic carbocycles. The van der Waals surface area contributed by atoms with Crippen LogP contribution >= 0.6 is 0 Å². The molecule has 0 aromatic heterocycles. The van der Waals surface area contributed by atoms with Crippen LogP contribution in [-0.2, 0) is 0 Å². The SMILES string of the molecule is N#Cc1ccc2cc3c(=O)c(O)ccc-3[nH]c2c1. The maximum absolute atomic E-state index is 11.8. The molecule has 0 saturated carbocycles. The number of hydrogen-bond donors (Lipinski definition) is 2. The molecular weight excluding hydrogens is 228 g/mol. The topological polar surface area (TPSA) is 76.9 Å². The summed E-state index contributed by atoms with van der Waals surface area (Å²) in [5, 5.41) is 19.1. The average molecular weight is 236 g/mol. The van der Waals surface area contributed by atoms with Crippen molar-refractivity contribution in [2.45, 2.75) is 0 Å². The third-order valence-electron chi connectivity index (χ3n) is 2.93. The van der Waals surface area contributed by atoms with E-state index < -0.39 is 5.43 Å². The summed E-state index contributed by atoms with van der Waals surface area (Å²) in [7, 11) is 0. The minimum atomic E-state index is -0.394. The Hall–Kier alpha value is -2.80. The molecule has 86 valence electrons. The van der Waals surface area contributed by atoms with Crippen LogP contribution in [-0.4, -0.2) is 10.1 Å². The minimum absolute atomic E-state index is 0.260. The van der Waals surface area contributed by atoms with Crippen LogP contribution in [0.4, 0.5) is 0 Å². The highest BCUT2D eigenvalue weighted by atomic mass is 16.3. The minimum Gasteiger partial charge on any atom is -0.504 e. The van der Waals surface area contributed by atoms with Crippen LogP contribution in [0.25, 0.3) is 22.2 Å². The monoisotopic (exact) mass is 236 g/mol. The van der Waals surface area contributed by atoms with Gasteiger partial charge in [0, 0.05) is 11.1 Å². The summed E-state index contributed by atoms with van der Waals surface area (Å²) < 4.78 is 0. The van der Waals surface area contributed by atoms with Crippen LogP contribution in [0.3, 0.4) is 0 Å². The Labute approximate surface area is 102 Å². The Morgan fingerprint density at radius 2 is 2.00 bits per heavy atom. The number of pyridine rings is 1. The fourth-order valence-corrected chi connectivity index (χ4v) is 2.00. The predicted molar refractivity (Wildman–Crippen MR) is 67.6 cm³/mol. The number of aromatic hydroxyl groups is 1. The quantitative estimate of drug-likeness (QED) is 0.587. The molecule has 4 nitrogen and oxygen atoms in total. The van der Waals surface area contributed by atoms with Crippen molar-refractivity contribution >= 4 is 10.9 Å². The number of aromatic amines is 1. The molecule has 1 heterocycles. The van der Waals surface area contributed by atoms with Gasteiger partial charge in [-0.3, -0.25) is 4.79 Å². The molecular formula is C14H8N2O2. The summed E-state index contributed by atoms with van der Waals surface area (Å²) in [5.74, 6) is -0.260. The highest BCUT2D eigenvalue weighted by Gasteiger charge is 2.11. The predicted octanol–water partition coefficient (Wildman–Crippen LogP) is 2.21. The molecule has 1 aromatic rings. The van der Waals surface area contributed by atoms with Crippen LogP contribution in [0.15, 0.2) is 41.2 Å². The fourth-order valence-electron chi connectivity index (χ4n) is 2.00. The molecule has 0 bridgehead atoms. The molecule has 0 unspecified atom stereocenters. The molecule has 1 aromatic carbocycles. The fraction of sp³-hybridized carbons (Fsp3) is 0. The van der Waals surface area contributed by atoms with Crippen LogP contribution in [0.1, 0.15) is 5.56 Å². The first-order valence-corrected chi connectivity index (χ1v) is 5.38. The normalized spacial score (nSPS) is 10.6. The van der Waals surface area contributed by atoms with Gasteiger partial charge in [0.25, 0.3) is 0 Å². The first kappa shape index (κ1) is 10.4. The van der Waals surface area contributed by atoms with Gasteiger partial charge < -0.3 is 10.1 Å². The van der Waals surface area contributed by atoms with Crippen molar-refractivity contribution in [1.29, 1.82) is 5.26 Å². The van der Waals surface area contributed by atoms with E-state index in [2.05, 4.69) is 11.1 Å². The summed E-state index contributed by atoms with van der Waals surface area (Å²) in [6.45, 7) is 0. The van der Waals surface area contributed by atoms with Gasteiger partial charge in [0.15, 0.2) is 5.75 Å². The summed E-state index contributed by atoms with van der Waals surface area (Å²) in [4.78, 5) is 14.9. The van der Waals surface area contributed by atoms with Crippen molar-refractivity contribution in [2.75, 3.05) is 0 Å². The van der Waals surface area contributed by atoms with Gasteiger partial charge in [-0.1, -0.05) is 6.07 Å². The van der Waals surface area contributed by atoms with Gasteiger partial charge in [-0.15, -0.1) is 0 Å². The molecule has 0 radical (unpaired) electrons. The average Bonchev–Trinajstić information content (AvgIpc) is 2.41. The van der Waals surface area contributed by atoms with Crippen molar-refractivity contribution < 1.29 is 5.11 Å². The molecule has 0 amide bonds. The highest BCUT2D eigenvalue weighted by Crippen LogP contribution is 2.24. The van der Waals surface area contributed by atoms with Gasteiger partial charge in [0.2, 0.25) is 5.43 Å². The van der Waals surface area contributed by atoms with Crippen molar-refractivity contribution in [1.82, 2.24) is 4.98 Å². The van der Waals surface area contributed by atoms with E-state index >= 15 is 0 Å². The lowest BCUT2D eigenvalue weighted by molar-refractivity contribution is 0.470. The van der Waals surface area contributed by atoms with Gasteiger partial charge in [-0.2, -0.15) is 5.26 Å². The Balaban J connectivity index is 2.45. The third kappa shape index (κ3) is 1.42. The summed E-state index contributed by atoms with van der Waals surface area (Å²) in [6.07, 6.45) is 0. The largest absolute Gasteiger partial charge is 0.504 e. The lowest BCUT2D eigenvalue weighted by Gasteiger charge is -2.08. The van der Waals surface area contributed by atoms with Gasteiger partial charge >= 0.3 is 0 Å². The molecule has 18 heavy (non-hydrogen) atoms. The summed E-state index contributed by atoms with van der Waals surface area (Å²) in [5.41, 5.74) is 2.02. The van der Waals surface area contributed by atoms with Gasteiger partial charge in [-0.05, 0) is 35.7 Å².